The summed E-state index contributed by atoms with van der Waals surface area (Å²) in [4.78, 5) is 57.0. The summed E-state index contributed by atoms with van der Waals surface area (Å²) in [6.45, 7) is -0.933. The highest BCUT2D eigenvalue weighted by atomic mass is 16.4. The van der Waals surface area contributed by atoms with Crippen molar-refractivity contribution in [2.24, 2.45) is 5.73 Å². The van der Waals surface area contributed by atoms with Crippen molar-refractivity contribution in [2.75, 3.05) is 13.1 Å². The third-order valence-electron chi connectivity index (χ3n) is 3.79. The second-order valence-corrected chi connectivity index (χ2v) is 6.18. The first kappa shape index (κ1) is 23.6. The quantitative estimate of drug-likeness (QED) is 0.234. The van der Waals surface area contributed by atoms with Crippen LogP contribution >= 0.6 is 0 Å². The van der Waals surface area contributed by atoms with E-state index in [4.69, 9.17) is 10.8 Å². The normalized spacial score (nSPS) is 12.3. The zero-order chi connectivity index (χ0) is 21.8. The van der Waals surface area contributed by atoms with Crippen molar-refractivity contribution in [3.05, 3.63) is 35.9 Å². The zero-order valence-electron chi connectivity index (χ0n) is 15.6. The molecule has 3 amide bonds. The van der Waals surface area contributed by atoms with E-state index in [0.717, 1.165) is 5.56 Å². The van der Waals surface area contributed by atoms with E-state index in [0.29, 0.717) is 0 Å². The van der Waals surface area contributed by atoms with Gasteiger partial charge in [-0.2, -0.15) is 0 Å². The largest absolute Gasteiger partial charge is 0.481 e. The molecular weight excluding hydrogens is 384 g/mol. The molecule has 0 aliphatic rings. The molecule has 0 aromatic heterocycles. The number of benzene rings is 1. The summed E-state index contributed by atoms with van der Waals surface area (Å²) in [5, 5.41) is 24.6. The molecule has 11 nitrogen and oxygen atoms in total. The molecular formula is C18H24N4O7. The Bertz CT molecular complexity index is 739. The highest BCUT2D eigenvalue weighted by molar-refractivity contribution is 5.90. The number of aliphatic carboxylic acids is 2. The van der Waals surface area contributed by atoms with E-state index in [1.165, 1.54) is 0 Å². The van der Waals surface area contributed by atoms with Crippen LogP contribution in [0.25, 0.3) is 0 Å². The Balaban J connectivity index is 2.36. The minimum Gasteiger partial charge on any atom is -0.481 e. The van der Waals surface area contributed by atoms with Crippen LogP contribution in [0.2, 0.25) is 0 Å². The predicted octanol–water partition coefficient (Wildman–Crippen LogP) is -1.78. The molecule has 0 spiro atoms. The van der Waals surface area contributed by atoms with Crippen LogP contribution in [0.4, 0.5) is 0 Å². The van der Waals surface area contributed by atoms with Crippen molar-refractivity contribution in [2.45, 2.75) is 31.3 Å². The summed E-state index contributed by atoms with van der Waals surface area (Å²) in [7, 11) is 0. The lowest BCUT2D eigenvalue weighted by Crippen LogP contribution is -2.49. The summed E-state index contributed by atoms with van der Waals surface area (Å²) < 4.78 is 0. The molecule has 1 aromatic carbocycles. The van der Waals surface area contributed by atoms with Crippen LogP contribution in [0.5, 0.6) is 0 Å². The molecule has 0 radical (unpaired) electrons. The highest BCUT2D eigenvalue weighted by Gasteiger charge is 2.21. The molecule has 29 heavy (non-hydrogen) atoms. The first-order valence-electron chi connectivity index (χ1n) is 8.77. The number of carboxylic acids is 2. The molecule has 0 fully saturated rings. The number of rotatable bonds is 12. The molecule has 7 N–H and O–H groups in total. The van der Waals surface area contributed by atoms with E-state index in [9.17, 15) is 29.1 Å². The summed E-state index contributed by atoms with van der Waals surface area (Å²) >= 11 is 0. The van der Waals surface area contributed by atoms with Gasteiger partial charge in [-0.15, -0.1) is 0 Å². The lowest BCUT2D eigenvalue weighted by molar-refractivity contribution is -0.141. The molecule has 0 saturated heterocycles. The van der Waals surface area contributed by atoms with Gasteiger partial charge in [0.1, 0.15) is 6.04 Å². The maximum absolute atomic E-state index is 11.9. The Labute approximate surface area is 166 Å². The molecule has 0 saturated carbocycles. The third kappa shape index (κ3) is 9.86. The van der Waals surface area contributed by atoms with E-state index in [1.807, 2.05) is 0 Å². The molecule has 1 aromatic rings. The fourth-order valence-corrected chi connectivity index (χ4v) is 2.25. The van der Waals surface area contributed by atoms with Gasteiger partial charge in [0.2, 0.25) is 17.7 Å². The molecule has 2 atom stereocenters. The molecule has 0 bridgehead atoms. The minimum absolute atomic E-state index is 0.0802. The predicted molar refractivity (Wildman–Crippen MR) is 101 cm³/mol. The van der Waals surface area contributed by atoms with Crippen molar-refractivity contribution < 1.29 is 34.2 Å². The summed E-state index contributed by atoms with van der Waals surface area (Å²) in [6, 6.07) is 6.51. The van der Waals surface area contributed by atoms with Crippen molar-refractivity contribution in [1.29, 1.82) is 0 Å². The Morgan fingerprint density at radius 3 is 2.14 bits per heavy atom. The van der Waals surface area contributed by atoms with Crippen LogP contribution in [0, 0.1) is 0 Å². The Morgan fingerprint density at radius 2 is 1.55 bits per heavy atom. The average molecular weight is 408 g/mol. The van der Waals surface area contributed by atoms with Gasteiger partial charge in [-0.1, -0.05) is 30.3 Å². The van der Waals surface area contributed by atoms with Crippen molar-refractivity contribution in [3.63, 3.8) is 0 Å². The fourth-order valence-electron chi connectivity index (χ4n) is 2.25. The third-order valence-corrected chi connectivity index (χ3v) is 3.79. The second-order valence-electron chi connectivity index (χ2n) is 6.18. The molecule has 0 aliphatic carbocycles. The highest BCUT2D eigenvalue weighted by Crippen LogP contribution is 2.03. The SMILES string of the molecule is NC(CCC(=O)O)C(=O)NCC(=O)NCC(=O)NC(Cc1ccccc1)C(=O)O. The number of nitrogens with one attached hydrogen (secondary N) is 3. The first-order chi connectivity index (χ1) is 13.7. The summed E-state index contributed by atoms with van der Waals surface area (Å²) in [6.07, 6.45) is -0.280. The van der Waals surface area contributed by atoms with Gasteiger partial charge in [0.15, 0.2) is 0 Å². The lowest BCUT2D eigenvalue weighted by atomic mass is 10.1. The van der Waals surface area contributed by atoms with Crippen molar-refractivity contribution in [1.82, 2.24) is 16.0 Å². The van der Waals surface area contributed by atoms with Gasteiger partial charge >= 0.3 is 11.9 Å². The second kappa shape index (κ2) is 12.1. The van der Waals surface area contributed by atoms with Gasteiger partial charge in [0.05, 0.1) is 19.1 Å². The van der Waals surface area contributed by atoms with Gasteiger partial charge in [0, 0.05) is 12.8 Å². The van der Waals surface area contributed by atoms with Gasteiger partial charge in [0.25, 0.3) is 0 Å². The molecule has 0 heterocycles. The molecule has 0 aliphatic heterocycles. The number of amides is 3. The van der Waals surface area contributed by atoms with Crippen LogP contribution in [0.15, 0.2) is 30.3 Å². The van der Waals surface area contributed by atoms with E-state index in [1.54, 1.807) is 30.3 Å². The Morgan fingerprint density at radius 1 is 0.931 bits per heavy atom. The summed E-state index contributed by atoms with van der Waals surface area (Å²) in [5.74, 6) is -4.39. The number of carboxylic acid groups (broad SMARTS) is 2. The van der Waals surface area contributed by atoms with Gasteiger partial charge in [-0.05, 0) is 12.0 Å². The van der Waals surface area contributed by atoms with Crippen LogP contribution in [-0.2, 0) is 30.4 Å². The molecule has 2 unspecified atom stereocenters. The number of hydrogen-bond acceptors (Lipinski definition) is 6. The molecule has 11 heteroatoms. The van der Waals surface area contributed by atoms with Gasteiger partial charge in [-0.3, -0.25) is 19.2 Å². The first-order valence-corrected chi connectivity index (χ1v) is 8.77. The summed E-state index contributed by atoms with van der Waals surface area (Å²) in [5.41, 5.74) is 6.22. The topological polar surface area (TPSA) is 188 Å². The van der Waals surface area contributed by atoms with E-state index in [-0.39, 0.29) is 19.3 Å². The van der Waals surface area contributed by atoms with E-state index in [2.05, 4.69) is 16.0 Å². The maximum atomic E-state index is 11.9. The fraction of sp³-hybridized carbons (Fsp3) is 0.389. The number of carbonyl (C=O) groups excluding carboxylic acids is 3. The van der Waals surface area contributed by atoms with E-state index >= 15 is 0 Å². The van der Waals surface area contributed by atoms with Crippen LogP contribution < -0.4 is 21.7 Å². The lowest BCUT2D eigenvalue weighted by Gasteiger charge is -2.15. The Hall–Kier alpha value is -3.47. The Kier molecular flexibility index (Phi) is 9.82. The van der Waals surface area contributed by atoms with E-state index < -0.39 is 54.8 Å². The molecule has 158 valence electrons. The van der Waals surface area contributed by atoms with Gasteiger partial charge in [-0.25, -0.2) is 4.79 Å². The maximum Gasteiger partial charge on any atom is 0.326 e. The molecule has 1 rings (SSSR count). The smallest absolute Gasteiger partial charge is 0.326 e. The number of hydrogen-bond donors (Lipinski definition) is 6. The number of carbonyl (C=O) groups is 5. The van der Waals surface area contributed by atoms with Crippen molar-refractivity contribution >= 4 is 29.7 Å². The van der Waals surface area contributed by atoms with Crippen molar-refractivity contribution in [3.8, 4) is 0 Å². The van der Waals surface area contributed by atoms with Crippen LogP contribution in [0.3, 0.4) is 0 Å². The minimum atomic E-state index is -1.21. The van der Waals surface area contributed by atoms with Crippen LogP contribution in [0.1, 0.15) is 18.4 Å². The zero-order valence-corrected chi connectivity index (χ0v) is 15.6. The van der Waals surface area contributed by atoms with Gasteiger partial charge < -0.3 is 31.9 Å². The number of nitrogens with two attached hydrogens (primary N) is 1. The standard InChI is InChI=1S/C18H24N4O7/c19-12(6-7-16(25)26)17(27)21-9-14(23)20-10-15(24)22-13(18(28)29)8-11-4-2-1-3-5-11/h1-5,12-13H,6-10,19H2,(H,20,23)(H,21,27)(H,22,24)(H,25,26)(H,28,29). The monoisotopic (exact) mass is 408 g/mol. The van der Waals surface area contributed by atoms with Crippen LogP contribution in [-0.4, -0.2) is 65.0 Å². The average Bonchev–Trinajstić information content (AvgIpc) is 2.68.